The first-order chi connectivity index (χ1) is 16.1. The minimum Gasteiger partial charge on any atom is -0.321 e. The first-order valence-electron chi connectivity index (χ1n) is 10.7. The zero-order valence-corrected chi connectivity index (χ0v) is 19.0. The van der Waals surface area contributed by atoms with Gasteiger partial charge in [-0.05, 0) is 67.3 Å². The highest BCUT2D eigenvalue weighted by atomic mass is 19.4. The maximum absolute atomic E-state index is 13.6. The Morgan fingerprint density at radius 3 is 2.11 bits per heavy atom. The molecule has 1 heterocycles. The average molecular weight is 504 g/mol. The van der Waals surface area contributed by atoms with Crippen LogP contribution >= 0.6 is 0 Å². The third-order valence-corrected chi connectivity index (χ3v) is 6.39. The van der Waals surface area contributed by atoms with Gasteiger partial charge in [-0.15, -0.1) is 0 Å². The quantitative estimate of drug-likeness (QED) is 0.350. The van der Waals surface area contributed by atoms with E-state index in [0.29, 0.717) is 36.0 Å². The van der Waals surface area contributed by atoms with Gasteiger partial charge >= 0.3 is 18.4 Å². The Bertz CT molecular complexity index is 1080. The molecule has 35 heavy (non-hydrogen) atoms. The summed E-state index contributed by atoms with van der Waals surface area (Å²) in [5.41, 5.74) is -2.25. The van der Waals surface area contributed by atoms with Crippen LogP contribution in [0.1, 0.15) is 53.2 Å². The fourth-order valence-electron chi connectivity index (χ4n) is 4.35. The van der Waals surface area contributed by atoms with E-state index in [1.54, 1.807) is 6.92 Å². The predicted molar refractivity (Wildman–Crippen MR) is 113 cm³/mol. The largest absolute Gasteiger partial charge is 0.416 e. The van der Waals surface area contributed by atoms with Gasteiger partial charge in [-0.1, -0.05) is 6.07 Å². The molecule has 2 unspecified atom stereocenters. The van der Waals surface area contributed by atoms with Gasteiger partial charge in [-0.2, -0.15) is 26.3 Å². The van der Waals surface area contributed by atoms with Crippen molar-refractivity contribution in [2.45, 2.75) is 44.7 Å². The zero-order valence-electron chi connectivity index (χ0n) is 19.0. The van der Waals surface area contributed by atoms with Crippen LogP contribution in [0.2, 0.25) is 0 Å². The second-order valence-corrected chi connectivity index (χ2v) is 8.64. The SMILES string of the molecule is Cc1cc(F)ccc1C1[C@@H](C=O)CCN1C(=O)N(C)C(C)c1cc(C(F)(F)F)cc(C(F)(F)F)c1. The molecular formula is C24H23F7N2O2. The fourth-order valence-corrected chi connectivity index (χ4v) is 4.35. The molecule has 190 valence electrons. The molecule has 1 saturated heterocycles. The van der Waals surface area contributed by atoms with Gasteiger partial charge in [-0.3, -0.25) is 0 Å². The maximum Gasteiger partial charge on any atom is 0.416 e. The van der Waals surface area contributed by atoms with Crippen molar-refractivity contribution in [2.75, 3.05) is 13.6 Å². The number of alkyl halides is 6. The first kappa shape index (κ1) is 26.5. The van der Waals surface area contributed by atoms with Crippen molar-refractivity contribution in [2.24, 2.45) is 5.92 Å². The van der Waals surface area contributed by atoms with Crippen LogP contribution in [-0.2, 0) is 17.1 Å². The van der Waals surface area contributed by atoms with Gasteiger partial charge in [0.05, 0.1) is 23.2 Å². The normalized spacial score (nSPS) is 19.5. The molecule has 0 radical (unpaired) electrons. The number of aldehydes is 1. The van der Waals surface area contributed by atoms with Crippen LogP contribution in [0.25, 0.3) is 0 Å². The summed E-state index contributed by atoms with van der Waals surface area (Å²) < 4.78 is 93.3. The van der Waals surface area contributed by atoms with Crippen molar-refractivity contribution in [1.29, 1.82) is 0 Å². The molecule has 11 heteroatoms. The fraction of sp³-hybridized carbons (Fsp3) is 0.417. The zero-order chi connectivity index (χ0) is 26.3. The Hall–Kier alpha value is -3.11. The third-order valence-electron chi connectivity index (χ3n) is 6.39. The van der Waals surface area contributed by atoms with Crippen molar-refractivity contribution in [3.63, 3.8) is 0 Å². The van der Waals surface area contributed by atoms with E-state index in [1.165, 1.54) is 37.1 Å². The number of carbonyl (C=O) groups excluding carboxylic acids is 2. The third kappa shape index (κ3) is 5.43. The average Bonchev–Trinajstić information content (AvgIpc) is 3.19. The van der Waals surface area contributed by atoms with Crippen LogP contribution in [0.4, 0.5) is 35.5 Å². The number of carbonyl (C=O) groups is 2. The molecule has 1 fully saturated rings. The number of amides is 2. The molecule has 0 aromatic heterocycles. The number of rotatable bonds is 4. The lowest BCUT2D eigenvalue weighted by Gasteiger charge is -2.35. The molecule has 2 aromatic rings. The summed E-state index contributed by atoms with van der Waals surface area (Å²) in [6.45, 7) is 3.07. The monoisotopic (exact) mass is 504 g/mol. The molecule has 4 nitrogen and oxygen atoms in total. The van der Waals surface area contributed by atoms with Gasteiger partial charge in [0.15, 0.2) is 0 Å². The Morgan fingerprint density at radius 2 is 1.63 bits per heavy atom. The van der Waals surface area contributed by atoms with Crippen molar-refractivity contribution < 1.29 is 40.3 Å². The van der Waals surface area contributed by atoms with Gasteiger partial charge in [0.1, 0.15) is 12.1 Å². The lowest BCUT2D eigenvalue weighted by atomic mass is 9.92. The van der Waals surface area contributed by atoms with Crippen LogP contribution in [-0.4, -0.2) is 35.7 Å². The Morgan fingerprint density at radius 1 is 1.06 bits per heavy atom. The van der Waals surface area contributed by atoms with Crippen LogP contribution in [0.5, 0.6) is 0 Å². The molecule has 0 saturated carbocycles. The van der Waals surface area contributed by atoms with Crippen molar-refractivity contribution in [3.8, 4) is 0 Å². The number of aryl methyl sites for hydroxylation is 1. The number of urea groups is 1. The van der Waals surface area contributed by atoms with E-state index in [-0.39, 0.29) is 18.2 Å². The molecule has 2 amide bonds. The Labute approximate surface area is 197 Å². The Kier molecular flexibility index (Phi) is 7.19. The van der Waals surface area contributed by atoms with E-state index >= 15 is 0 Å². The summed E-state index contributed by atoms with van der Waals surface area (Å²) in [4.78, 5) is 27.4. The summed E-state index contributed by atoms with van der Waals surface area (Å²) in [6.07, 6.45) is -9.04. The predicted octanol–water partition coefficient (Wildman–Crippen LogP) is 6.55. The maximum atomic E-state index is 13.6. The second kappa shape index (κ2) is 9.50. The van der Waals surface area contributed by atoms with E-state index in [4.69, 9.17) is 0 Å². The molecule has 1 aliphatic rings. The minimum absolute atomic E-state index is 0.0283. The molecule has 1 aliphatic heterocycles. The molecule has 3 atom stereocenters. The number of benzene rings is 2. The smallest absolute Gasteiger partial charge is 0.321 e. The summed E-state index contributed by atoms with van der Waals surface area (Å²) in [5.74, 6) is -1.10. The molecular weight excluding hydrogens is 481 g/mol. The molecule has 0 N–H and O–H groups in total. The lowest BCUT2D eigenvalue weighted by Crippen LogP contribution is -2.42. The molecule has 0 spiro atoms. The van der Waals surface area contributed by atoms with Crippen LogP contribution in [0, 0.1) is 18.7 Å². The summed E-state index contributed by atoms with van der Waals surface area (Å²) in [5, 5.41) is 0. The van der Waals surface area contributed by atoms with E-state index in [2.05, 4.69) is 0 Å². The van der Waals surface area contributed by atoms with E-state index in [9.17, 15) is 40.3 Å². The number of nitrogens with zero attached hydrogens (tertiary/aromatic N) is 2. The minimum atomic E-state index is -5.02. The van der Waals surface area contributed by atoms with E-state index in [1.807, 2.05) is 0 Å². The highest BCUT2D eigenvalue weighted by Gasteiger charge is 2.41. The number of hydrogen-bond donors (Lipinski definition) is 0. The van der Waals surface area contributed by atoms with Gasteiger partial charge in [0.2, 0.25) is 0 Å². The highest BCUT2D eigenvalue weighted by molar-refractivity contribution is 5.77. The first-order valence-corrected chi connectivity index (χ1v) is 10.7. The van der Waals surface area contributed by atoms with E-state index < -0.39 is 53.3 Å². The van der Waals surface area contributed by atoms with Gasteiger partial charge in [0.25, 0.3) is 0 Å². The van der Waals surface area contributed by atoms with Gasteiger partial charge in [0, 0.05) is 19.5 Å². The van der Waals surface area contributed by atoms with Crippen molar-refractivity contribution in [3.05, 3.63) is 70.0 Å². The van der Waals surface area contributed by atoms with Gasteiger partial charge < -0.3 is 14.6 Å². The van der Waals surface area contributed by atoms with Crippen molar-refractivity contribution in [1.82, 2.24) is 9.80 Å². The molecule has 2 aromatic carbocycles. The van der Waals surface area contributed by atoms with Crippen LogP contribution in [0.3, 0.4) is 0 Å². The second-order valence-electron chi connectivity index (χ2n) is 8.64. The van der Waals surface area contributed by atoms with Crippen LogP contribution in [0.15, 0.2) is 36.4 Å². The topological polar surface area (TPSA) is 40.6 Å². The summed E-state index contributed by atoms with van der Waals surface area (Å²) >= 11 is 0. The standard InChI is InChI=1S/C24H23F7N2O2/c1-13-8-19(25)4-5-20(13)21-15(12-34)6-7-33(21)22(35)32(3)14(2)16-9-17(23(26,27)28)11-18(10-16)24(29,30)31/h4-5,8-12,14-15,21H,6-7H2,1-3H3/t14?,15-,21?/m1/s1. The van der Waals surface area contributed by atoms with Gasteiger partial charge in [-0.25, -0.2) is 9.18 Å². The lowest BCUT2D eigenvalue weighted by molar-refractivity contribution is -0.143. The number of halogens is 7. The molecule has 0 bridgehead atoms. The molecule has 0 aliphatic carbocycles. The molecule has 3 rings (SSSR count). The number of hydrogen-bond acceptors (Lipinski definition) is 2. The van der Waals surface area contributed by atoms with Crippen LogP contribution < -0.4 is 0 Å². The Balaban J connectivity index is 1.97. The van der Waals surface area contributed by atoms with Crippen molar-refractivity contribution >= 4 is 12.3 Å². The van der Waals surface area contributed by atoms with E-state index in [0.717, 1.165) is 4.90 Å². The summed E-state index contributed by atoms with van der Waals surface area (Å²) in [6, 6.07) is 2.53. The number of likely N-dealkylation sites (tertiary alicyclic amines) is 1. The highest BCUT2D eigenvalue weighted by Crippen LogP contribution is 2.41. The summed E-state index contributed by atoms with van der Waals surface area (Å²) in [7, 11) is 1.27.